The van der Waals surface area contributed by atoms with Crippen molar-refractivity contribution < 1.29 is 4.92 Å². The van der Waals surface area contributed by atoms with Crippen LogP contribution in [0.5, 0.6) is 0 Å². The summed E-state index contributed by atoms with van der Waals surface area (Å²) < 4.78 is 0. The second-order valence-electron chi connectivity index (χ2n) is 4.79. The summed E-state index contributed by atoms with van der Waals surface area (Å²) >= 11 is 6.10. The molecule has 1 saturated heterocycles. The van der Waals surface area contributed by atoms with Crippen LogP contribution in [0.1, 0.15) is 19.3 Å². The molecule has 0 aliphatic carbocycles. The van der Waals surface area contributed by atoms with E-state index in [1.807, 2.05) is 0 Å². The van der Waals surface area contributed by atoms with Crippen molar-refractivity contribution in [3.05, 3.63) is 27.4 Å². The van der Waals surface area contributed by atoms with Gasteiger partial charge in [-0.2, -0.15) is 0 Å². The average Bonchev–Trinajstić information content (AvgIpc) is 2.39. The smallest absolute Gasteiger partial charge is 0.289 e. The van der Waals surface area contributed by atoms with E-state index in [0.717, 1.165) is 32.4 Å². The number of rotatable bonds is 4. The van der Waals surface area contributed by atoms with Gasteiger partial charge in [0.05, 0.1) is 9.95 Å². The molecule has 0 bridgehead atoms. The highest BCUT2D eigenvalue weighted by Gasteiger charge is 2.23. The van der Waals surface area contributed by atoms with Crippen LogP contribution in [0.15, 0.2) is 12.3 Å². The number of anilines is 1. The molecule has 1 unspecified atom stereocenters. The zero-order chi connectivity index (χ0) is 13.8. The Labute approximate surface area is 116 Å². The Morgan fingerprint density at radius 3 is 3.05 bits per heavy atom. The molecule has 0 spiro atoms. The van der Waals surface area contributed by atoms with E-state index < -0.39 is 4.92 Å². The lowest BCUT2D eigenvalue weighted by Gasteiger charge is -2.33. The number of hydrogen-bond donors (Lipinski definition) is 1. The Hall–Kier alpha value is -1.40. The van der Waals surface area contributed by atoms with Gasteiger partial charge in [0.1, 0.15) is 12.0 Å². The fourth-order valence-corrected chi connectivity index (χ4v) is 2.76. The Bertz CT molecular complexity index is 467. The number of hydrogen-bond acceptors (Lipinski definition) is 5. The van der Waals surface area contributed by atoms with Crippen LogP contribution in [0.3, 0.4) is 0 Å². The maximum absolute atomic E-state index is 10.7. The maximum Gasteiger partial charge on any atom is 0.289 e. The molecule has 1 aliphatic heterocycles. The minimum absolute atomic E-state index is 0.0794. The lowest BCUT2D eigenvalue weighted by Crippen LogP contribution is -2.36. The van der Waals surface area contributed by atoms with Gasteiger partial charge in [0.15, 0.2) is 0 Å². The van der Waals surface area contributed by atoms with Gasteiger partial charge in [-0.15, -0.1) is 0 Å². The highest BCUT2D eigenvalue weighted by Crippen LogP contribution is 2.30. The molecule has 1 aromatic heterocycles. The van der Waals surface area contributed by atoms with Gasteiger partial charge >= 0.3 is 0 Å². The Kier molecular flexibility index (Phi) is 4.55. The molecule has 104 valence electrons. The first-order valence-corrected chi connectivity index (χ1v) is 6.74. The number of halogens is 1. The van der Waals surface area contributed by atoms with Gasteiger partial charge in [-0.25, -0.2) is 4.98 Å². The number of nitrogens with two attached hydrogens (primary N) is 1. The molecule has 0 aromatic carbocycles. The molecule has 1 aliphatic rings. The number of piperidine rings is 1. The van der Waals surface area contributed by atoms with Gasteiger partial charge in [0.2, 0.25) is 0 Å². The van der Waals surface area contributed by atoms with Crippen LogP contribution >= 0.6 is 11.6 Å². The van der Waals surface area contributed by atoms with Crippen molar-refractivity contribution in [1.82, 2.24) is 4.98 Å². The Morgan fingerprint density at radius 2 is 2.42 bits per heavy atom. The summed E-state index contributed by atoms with van der Waals surface area (Å²) in [5, 5.41) is 11.0. The molecular formula is C12H17ClN4O2. The summed E-state index contributed by atoms with van der Waals surface area (Å²) in [7, 11) is 0. The van der Waals surface area contributed by atoms with Gasteiger partial charge in [-0.05, 0) is 31.7 Å². The third kappa shape index (κ3) is 3.33. The third-order valence-electron chi connectivity index (χ3n) is 3.41. The Balaban J connectivity index is 2.15. The summed E-state index contributed by atoms with van der Waals surface area (Å²) in [5.41, 5.74) is 5.51. The summed E-state index contributed by atoms with van der Waals surface area (Å²) in [4.78, 5) is 16.4. The second kappa shape index (κ2) is 6.16. The lowest BCUT2D eigenvalue weighted by atomic mass is 9.95. The molecular weight excluding hydrogens is 268 g/mol. The van der Waals surface area contributed by atoms with Crippen LogP contribution in [0.25, 0.3) is 0 Å². The minimum atomic E-state index is -0.490. The molecule has 19 heavy (non-hydrogen) atoms. The Morgan fingerprint density at radius 1 is 1.63 bits per heavy atom. The van der Waals surface area contributed by atoms with E-state index in [-0.39, 0.29) is 5.69 Å². The van der Waals surface area contributed by atoms with Crippen LogP contribution in [-0.4, -0.2) is 29.5 Å². The number of nitrogens with zero attached hydrogens (tertiary/aromatic N) is 3. The largest absolute Gasteiger partial charge is 0.355 e. The first-order valence-electron chi connectivity index (χ1n) is 6.36. The highest BCUT2D eigenvalue weighted by atomic mass is 35.5. The molecule has 0 saturated carbocycles. The van der Waals surface area contributed by atoms with Crippen LogP contribution in [-0.2, 0) is 0 Å². The lowest BCUT2D eigenvalue weighted by molar-refractivity contribution is -0.385. The molecule has 1 fully saturated rings. The van der Waals surface area contributed by atoms with Gasteiger partial charge in [-0.1, -0.05) is 11.6 Å². The number of nitro groups is 1. The number of pyridine rings is 1. The van der Waals surface area contributed by atoms with Crippen molar-refractivity contribution in [1.29, 1.82) is 0 Å². The summed E-state index contributed by atoms with van der Waals surface area (Å²) in [5.74, 6) is 1.18. The molecule has 0 radical (unpaired) electrons. The second-order valence-corrected chi connectivity index (χ2v) is 5.19. The van der Waals surface area contributed by atoms with E-state index in [1.54, 1.807) is 0 Å². The summed E-state index contributed by atoms with van der Waals surface area (Å²) in [6.45, 7) is 2.42. The molecule has 2 N–H and O–H groups in total. The first-order chi connectivity index (χ1) is 9.11. The fraction of sp³-hybridized carbons (Fsp3) is 0.583. The molecule has 0 amide bonds. The fourth-order valence-electron chi connectivity index (χ4n) is 2.48. The van der Waals surface area contributed by atoms with E-state index >= 15 is 0 Å². The first kappa shape index (κ1) is 14.0. The van der Waals surface area contributed by atoms with Crippen molar-refractivity contribution in [2.75, 3.05) is 24.5 Å². The van der Waals surface area contributed by atoms with E-state index in [4.69, 9.17) is 17.3 Å². The highest BCUT2D eigenvalue weighted by molar-refractivity contribution is 6.33. The predicted molar refractivity (Wildman–Crippen MR) is 74.5 cm³/mol. The van der Waals surface area contributed by atoms with Gasteiger partial charge in [0.25, 0.3) is 5.69 Å². The minimum Gasteiger partial charge on any atom is -0.355 e. The van der Waals surface area contributed by atoms with Crippen molar-refractivity contribution in [2.45, 2.75) is 19.3 Å². The van der Waals surface area contributed by atoms with Gasteiger partial charge < -0.3 is 10.6 Å². The number of aromatic nitrogens is 1. The molecule has 2 rings (SSSR count). The quantitative estimate of drug-likeness (QED) is 0.677. The van der Waals surface area contributed by atoms with Crippen LogP contribution in [0.2, 0.25) is 5.02 Å². The van der Waals surface area contributed by atoms with Crippen molar-refractivity contribution in [3.63, 3.8) is 0 Å². The maximum atomic E-state index is 10.7. The molecule has 1 aromatic rings. The molecule has 7 heteroatoms. The van der Waals surface area contributed by atoms with Gasteiger partial charge in [-0.3, -0.25) is 10.1 Å². The van der Waals surface area contributed by atoms with Crippen LogP contribution in [0, 0.1) is 16.0 Å². The summed E-state index contributed by atoms with van der Waals surface area (Å²) in [6.07, 6.45) is 4.48. The zero-order valence-electron chi connectivity index (χ0n) is 10.6. The van der Waals surface area contributed by atoms with Crippen LogP contribution < -0.4 is 10.6 Å². The van der Waals surface area contributed by atoms with Crippen molar-refractivity contribution >= 4 is 23.1 Å². The average molecular weight is 285 g/mol. The standard InChI is InChI=1S/C12H17ClN4O2/c13-11-6-10(17(18)19)7-15-12(11)16-5-1-2-9(8-16)3-4-14/h6-7,9H,1-5,8,14H2. The molecule has 2 heterocycles. The zero-order valence-corrected chi connectivity index (χ0v) is 11.3. The van der Waals surface area contributed by atoms with E-state index in [1.165, 1.54) is 12.3 Å². The third-order valence-corrected chi connectivity index (χ3v) is 3.69. The van der Waals surface area contributed by atoms with E-state index in [0.29, 0.717) is 23.3 Å². The SMILES string of the molecule is NCCC1CCCN(c2ncc([N+](=O)[O-])cc2Cl)C1. The molecule has 6 nitrogen and oxygen atoms in total. The van der Waals surface area contributed by atoms with Crippen molar-refractivity contribution in [2.24, 2.45) is 11.7 Å². The molecule has 1 atom stereocenters. The normalized spacial score (nSPS) is 19.5. The van der Waals surface area contributed by atoms with E-state index in [2.05, 4.69) is 9.88 Å². The van der Waals surface area contributed by atoms with Crippen LogP contribution in [0.4, 0.5) is 11.5 Å². The van der Waals surface area contributed by atoms with Gasteiger partial charge in [0, 0.05) is 19.2 Å². The predicted octanol–water partition coefficient (Wildman–Crippen LogP) is 2.21. The topological polar surface area (TPSA) is 85.3 Å². The van der Waals surface area contributed by atoms with Crippen molar-refractivity contribution in [3.8, 4) is 0 Å². The monoisotopic (exact) mass is 284 g/mol. The summed E-state index contributed by atoms with van der Waals surface area (Å²) in [6, 6.07) is 1.36. The van der Waals surface area contributed by atoms with E-state index in [9.17, 15) is 10.1 Å².